The summed E-state index contributed by atoms with van der Waals surface area (Å²) in [4.78, 5) is 29.5. The Morgan fingerprint density at radius 2 is 2.07 bits per heavy atom. The molecule has 8 heteroatoms. The third kappa shape index (κ3) is 3.10. The van der Waals surface area contributed by atoms with Gasteiger partial charge in [0.1, 0.15) is 10.1 Å². The molecule has 2 aromatic heterocycles. The Labute approximate surface area is 171 Å². The lowest BCUT2D eigenvalue weighted by Crippen LogP contribution is -2.45. The summed E-state index contributed by atoms with van der Waals surface area (Å²) in [5, 5.41) is 0. The second-order valence-corrected chi connectivity index (χ2v) is 9.16. The van der Waals surface area contributed by atoms with Crippen molar-refractivity contribution in [1.82, 2.24) is 14.4 Å². The summed E-state index contributed by atoms with van der Waals surface area (Å²) < 4.78 is 7.82. The van der Waals surface area contributed by atoms with Crippen LogP contribution in [0.4, 0.5) is 0 Å². The molecule has 1 amide bonds. The lowest BCUT2D eigenvalue weighted by Gasteiger charge is -2.42. The van der Waals surface area contributed by atoms with E-state index in [1.54, 1.807) is 23.3 Å². The zero-order valence-electron chi connectivity index (χ0n) is 15.1. The number of likely N-dealkylation sites (tertiary alicyclic amines) is 1. The smallest absolute Gasteiger partial charge is 0.268 e. The van der Waals surface area contributed by atoms with Crippen LogP contribution in [0, 0.1) is 5.92 Å². The van der Waals surface area contributed by atoms with Crippen LogP contribution in [0.2, 0.25) is 0 Å². The molecule has 5 rings (SSSR count). The molecule has 6 nitrogen and oxygen atoms in total. The molecule has 3 aliphatic heterocycles. The van der Waals surface area contributed by atoms with Gasteiger partial charge in [0.25, 0.3) is 11.5 Å². The van der Waals surface area contributed by atoms with Crippen LogP contribution in [0.3, 0.4) is 0 Å². The minimum absolute atomic E-state index is 0.0706. The Balaban J connectivity index is 1.35. The topological polar surface area (TPSA) is 58.7 Å². The van der Waals surface area contributed by atoms with E-state index in [4.69, 9.17) is 16.6 Å². The van der Waals surface area contributed by atoms with Gasteiger partial charge in [-0.15, -0.1) is 0 Å². The second kappa shape index (κ2) is 6.93. The van der Waals surface area contributed by atoms with Gasteiger partial charge in [-0.1, -0.05) is 30.0 Å². The van der Waals surface area contributed by atoms with Gasteiger partial charge in [-0.3, -0.25) is 14.5 Å². The van der Waals surface area contributed by atoms with Gasteiger partial charge in [0, 0.05) is 43.5 Å². The van der Waals surface area contributed by atoms with Crippen LogP contribution in [0.15, 0.2) is 56.9 Å². The number of pyridine rings is 1. The van der Waals surface area contributed by atoms with E-state index in [1.807, 2.05) is 22.9 Å². The number of amides is 1. The zero-order chi connectivity index (χ0) is 19.3. The maximum Gasteiger partial charge on any atom is 0.268 e. The van der Waals surface area contributed by atoms with Crippen molar-refractivity contribution >= 4 is 34.2 Å². The third-order valence-electron chi connectivity index (χ3n) is 5.58. The standard InChI is InChI=1S/C20H19N3O3S2/c24-18-5-1-4-16-14-7-13(9-22(16)18)8-21(10-14)12-17-19(25)23(20(27)28-17)11-15-3-2-6-26-15/h1-6,12-14H,7-11H2. The molecule has 0 aliphatic carbocycles. The quantitative estimate of drug-likeness (QED) is 0.570. The fourth-order valence-corrected chi connectivity index (χ4v) is 5.65. The molecular weight excluding hydrogens is 394 g/mol. The first kappa shape index (κ1) is 17.8. The van der Waals surface area contributed by atoms with E-state index in [-0.39, 0.29) is 11.5 Å². The van der Waals surface area contributed by atoms with E-state index in [0.717, 1.165) is 31.7 Å². The number of fused-ring (bicyclic) bond motifs is 4. The van der Waals surface area contributed by atoms with Crippen LogP contribution in [0.1, 0.15) is 23.8 Å². The Morgan fingerprint density at radius 3 is 2.89 bits per heavy atom. The third-order valence-corrected chi connectivity index (χ3v) is 6.94. The average molecular weight is 414 g/mol. The van der Waals surface area contributed by atoms with Crippen LogP contribution >= 0.6 is 24.0 Å². The number of carbonyl (C=O) groups excluding carboxylic acids is 1. The predicted octanol–water partition coefficient (Wildman–Crippen LogP) is 2.76. The molecular formula is C20H19N3O3S2. The normalized spacial score (nSPS) is 25.5. The van der Waals surface area contributed by atoms with Crippen molar-refractivity contribution in [3.05, 3.63) is 69.5 Å². The first-order valence-corrected chi connectivity index (χ1v) is 10.5. The molecule has 0 radical (unpaired) electrons. The molecule has 2 unspecified atom stereocenters. The number of hydrogen-bond donors (Lipinski definition) is 0. The van der Waals surface area contributed by atoms with E-state index in [9.17, 15) is 9.59 Å². The molecule has 2 fully saturated rings. The van der Waals surface area contributed by atoms with Gasteiger partial charge in [0.2, 0.25) is 0 Å². The molecule has 2 aromatic rings. The monoisotopic (exact) mass is 413 g/mol. The average Bonchev–Trinajstić information content (AvgIpc) is 3.27. The van der Waals surface area contributed by atoms with Crippen LogP contribution in [0.5, 0.6) is 0 Å². The van der Waals surface area contributed by atoms with Gasteiger partial charge in [-0.25, -0.2) is 0 Å². The number of hydrogen-bond acceptors (Lipinski definition) is 6. The molecule has 0 N–H and O–H groups in total. The largest absolute Gasteiger partial charge is 0.467 e. The molecule has 144 valence electrons. The zero-order valence-corrected chi connectivity index (χ0v) is 16.7. The maximum atomic E-state index is 12.8. The summed E-state index contributed by atoms with van der Waals surface area (Å²) in [6, 6.07) is 9.17. The van der Waals surface area contributed by atoms with Crippen LogP contribution < -0.4 is 5.56 Å². The Kier molecular flexibility index (Phi) is 4.40. The number of thiocarbonyl (C=S) groups is 1. The van der Waals surface area contributed by atoms with Crippen molar-refractivity contribution in [2.45, 2.75) is 25.4 Å². The SMILES string of the molecule is O=C1C(=CN2CC3CC(C2)c2cccc(=O)n2C3)SC(=S)N1Cc1ccco1. The van der Waals surface area contributed by atoms with Crippen LogP contribution in [0.25, 0.3) is 0 Å². The number of thioether (sulfide) groups is 1. The van der Waals surface area contributed by atoms with Gasteiger partial charge in [0.05, 0.1) is 17.7 Å². The predicted molar refractivity (Wildman–Crippen MR) is 111 cm³/mol. The van der Waals surface area contributed by atoms with Gasteiger partial charge in [-0.2, -0.15) is 0 Å². The van der Waals surface area contributed by atoms with E-state index in [0.29, 0.717) is 33.4 Å². The van der Waals surface area contributed by atoms with Crippen LogP contribution in [-0.4, -0.2) is 37.7 Å². The molecule has 2 atom stereocenters. The van der Waals surface area contributed by atoms with Gasteiger partial charge in [0.15, 0.2) is 0 Å². The van der Waals surface area contributed by atoms with Gasteiger partial charge >= 0.3 is 0 Å². The second-order valence-electron chi connectivity index (χ2n) is 7.48. The van der Waals surface area contributed by atoms with E-state index >= 15 is 0 Å². The Bertz CT molecular complexity index is 1030. The van der Waals surface area contributed by atoms with E-state index in [2.05, 4.69) is 11.0 Å². The fraction of sp³-hybridized carbons (Fsp3) is 0.350. The van der Waals surface area contributed by atoms with Crippen molar-refractivity contribution in [3.63, 3.8) is 0 Å². The molecule has 2 bridgehead atoms. The molecule has 2 saturated heterocycles. The maximum absolute atomic E-state index is 12.8. The Morgan fingerprint density at radius 1 is 1.18 bits per heavy atom. The van der Waals surface area contributed by atoms with Gasteiger partial charge < -0.3 is 13.9 Å². The summed E-state index contributed by atoms with van der Waals surface area (Å²) >= 11 is 6.75. The lowest BCUT2D eigenvalue weighted by atomic mass is 9.83. The van der Waals surface area contributed by atoms with Crippen molar-refractivity contribution < 1.29 is 9.21 Å². The van der Waals surface area contributed by atoms with Crippen molar-refractivity contribution in [2.24, 2.45) is 5.92 Å². The highest BCUT2D eigenvalue weighted by molar-refractivity contribution is 8.26. The first-order chi connectivity index (χ1) is 13.6. The highest BCUT2D eigenvalue weighted by Crippen LogP contribution is 2.37. The van der Waals surface area contributed by atoms with Crippen LogP contribution in [-0.2, 0) is 17.9 Å². The number of nitrogens with zero attached hydrogens (tertiary/aromatic N) is 3. The number of carbonyl (C=O) groups is 1. The minimum Gasteiger partial charge on any atom is -0.467 e. The molecule has 3 aliphatic rings. The van der Waals surface area contributed by atoms with Crippen molar-refractivity contribution in [1.29, 1.82) is 0 Å². The number of piperidine rings is 1. The highest BCUT2D eigenvalue weighted by Gasteiger charge is 2.36. The lowest BCUT2D eigenvalue weighted by molar-refractivity contribution is -0.122. The molecule has 5 heterocycles. The van der Waals surface area contributed by atoms with Gasteiger partial charge in [-0.05, 0) is 30.5 Å². The summed E-state index contributed by atoms with van der Waals surface area (Å²) in [5.41, 5.74) is 1.19. The first-order valence-electron chi connectivity index (χ1n) is 9.30. The summed E-state index contributed by atoms with van der Waals surface area (Å²) in [6.45, 7) is 2.76. The molecule has 0 spiro atoms. The van der Waals surface area contributed by atoms with E-state index < -0.39 is 0 Å². The molecule has 28 heavy (non-hydrogen) atoms. The van der Waals surface area contributed by atoms with Crippen molar-refractivity contribution in [3.8, 4) is 0 Å². The summed E-state index contributed by atoms with van der Waals surface area (Å²) in [6.07, 6.45) is 4.64. The molecule has 0 aromatic carbocycles. The van der Waals surface area contributed by atoms with Crippen molar-refractivity contribution in [2.75, 3.05) is 13.1 Å². The number of furan rings is 1. The molecule has 0 saturated carbocycles. The van der Waals surface area contributed by atoms with E-state index in [1.165, 1.54) is 11.8 Å². The fourth-order valence-electron chi connectivity index (χ4n) is 4.39. The number of rotatable bonds is 3. The Hall–Kier alpha value is -2.32. The minimum atomic E-state index is -0.0706. The summed E-state index contributed by atoms with van der Waals surface area (Å²) in [7, 11) is 0. The summed E-state index contributed by atoms with van der Waals surface area (Å²) in [5.74, 6) is 1.37. The highest BCUT2D eigenvalue weighted by atomic mass is 32.2. The number of aromatic nitrogens is 1.